The highest BCUT2D eigenvalue weighted by atomic mass is 79.9. The van der Waals surface area contributed by atoms with Gasteiger partial charge in [-0.25, -0.2) is 29.0 Å². The third-order valence-corrected chi connectivity index (χ3v) is 9.33. The molecule has 1 fully saturated rings. The zero-order valence-electron chi connectivity index (χ0n) is 29.0. The second-order valence-corrected chi connectivity index (χ2v) is 13.0. The summed E-state index contributed by atoms with van der Waals surface area (Å²) in [6.07, 6.45) is -1.81. The molecule has 2 aromatic heterocycles. The van der Waals surface area contributed by atoms with Gasteiger partial charge in [-0.1, -0.05) is 91.0 Å². The van der Waals surface area contributed by atoms with Gasteiger partial charge >= 0.3 is 17.9 Å². The lowest BCUT2D eigenvalue weighted by atomic mass is 9.93. The van der Waals surface area contributed by atoms with Crippen LogP contribution in [0, 0.1) is 0 Å². The van der Waals surface area contributed by atoms with E-state index >= 15 is 4.79 Å². The van der Waals surface area contributed by atoms with Gasteiger partial charge in [-0.05, 0) is 52.3 Å². The van der Waals surface area contributed by atoms with E-state index < -0.39 is 54.3 Å². The number of nitrogens with zero attached hydrogens (tertiary/aromatic N) is 4. The molecule has 55 heavy (non-hydrogen) atoms. The summed E-state index contributed by atoms with van der Waals surface area (Å²) in [7, 11) is 0. The molecule has 0 saturated carbocycles. The number of fused-ring (bicyclic) bond motifs is 1. The van der Waals surface area contributed by atoms with Crippen molar-refractivity contribution >= 4 is 56.5 Å². The number of hydrogen-bond donors (Lipinski definition) is 1. The smallest absolute Gasteiger partial charge is 0.338 e. The molecular formula is C41H32BrN5O8. The number of Topliss-reactive ketones (excluding diaryl/α,β-unsaturated/α-hetero) is 1. The van der Waals surface area contributed by atoms with Crippen LogP contribution in [0.3, 0.4) is 0 Å². The normalized spacial score (nSPS) is 19.0. The summed E-state index contributed by atoms with van der Waals surface area (Å²) in [6, 6.07) is 32.6. The second kappa shape index (κ2) is 16.2. The summed E-state index contributed by atoms with van der Waals surface area (Å²) < 4.78 is 26.4. The molecule has 13 nitrogen and oxygen atoms in total. The highest BCUT2D eigenvalue weighted by Gasteiger charge is 2.66. The predicted molar refractivity (Wildman–Crippen MR) is 203 cm³/mol. The van der Waals surface area contributed by atoms with Gasteiger partial charge < -0.3 is 24.3 Å². The number of rotatable bonds is 13. The molecule has 7 rings (SSSR count). The number of benzene rings is 4. The van der Waals surface area contributed by atoms with Crippen LogP contribution in [0.15, 0.2) is 145 Å². The predicted octanol–water partition coefficient (Wildman–Crippen LogP) is 6.43. The summed E-state index contributed by atoms with van der Waals surface area (Å²) in [5, 5.41) is 8.22. The molecule has 1 aliphatic heterocycles. The summed E-state index contributed by atoms with van der Waals surface area (Å²) >= 11 is 3.51. The Morgan fingerprint density at radius 3 is 1.85 bits per heavy atom. The van der Waals surface area contributed by atoms with E-state index in [1.54, 1.807) is 115 Å². The Bertz CT molecular complexity index is 2340. The molecule has 0 bridgehead atoms. The van der Waals surface area contributed by atoms with Crippen molar-refractivity contribution in [2.75, 3.05) is 18.5 Å². The van der Waals surface area contributed by atoms with Crippen molar-refractivity contribution in [2.24, 2.45) is 0 Å². The number of carbonyl (C=O) groups excluding carboxylic acids is 4. The monoisotopic (exact) mass is 801 g/mol. The fraction of sp³-hybridized carbons (Fsp3) is 0.146. The largest absolute Gasteiger partial charge is 0.459 e. The molecule has 3 heterocycles. The van der Waals surface area contributed by atoms with Gasteiger partial charge in [0.05, 0.1) is 22.1 Å². The van der Waals surface area contributed by atoms with Crippen LogP contribution in [0.4, 0.5) is 5.82 Å². The Hall–Kier alpha value is -6.51. The molecule has 14 heteroatoms. The Kier molecular flexibility index (Phi) is 10.9. The fourth-order valence-electron chi connectivity index (χ4n) is 6.23. The minimum absolute atomic E-state index is 0.0912. The maximum atomic E-state index is 15.3. The molecule has 0 aliphatic carbocycles. The fourth-order valence-corrected chi connectivity index (χ4v) is 6.75. The standard InChI is InChI=1S/C41H32BrN5O8/c1-2-23-43-36-31-35(42)46-47(37(31)45-25-44-36)41(33(48)26-15-7-3-8-16-26)34(54-40(51)29-21-13-6-14-22-29)32(53-39(50)28-19-11-5-12-20-28)30(55-41)24-52-38(49)27-17-9-4-10-18-27/h2-22,25,30,32,34H,1,23-24H2,(H,43,44,45)/t30-,32-,34-,41-/m1/s1. The molecule has 1 aliphatic rings. The first-order chi connectivity index (χ1) is 26.8. The first-order valence-electron chi connectivity index (χ1n) is 17.1. The molecule has 1 saturated heterocycles. The maximum Gasteiger partial charge on any atom is 0.338 e. The van der Waals surface area contributed by atoms with E-state index in [4.69, 9.17) is 24.0 Å². The number of aromatic nitrogens is 4. The lowest BCUT2D eigenvalue weighted by molar-refractivity contribution is -0.123. The van der Waals surface area contributed by atoms with E-state index in [-0.39, 0.29) is 32.5 Å². The summed E-state index contributed by atoms with van der Waals surface area (Å²) in [6.45, 7) is 3.55. The summed E-state index contributed by atoms with van der Waals surface area (Å²) in [4.78, 5) is 65.4. The number of ketones is 1. The zero-order chi connectivity index (χ0) is 38.4. The average Bonchev–Trinajstić information content (AvgIpc) is 3.74. The highest BCUT2D eigenvalue weighted by Crippen LogP contribution is 2.45. The van der Waals surface area contributed by atoms with Crippen LogP contribution in [0.5, 0.6) is 0 Å². The van der Waals surface area contributed by atoms with E-state index in [1.165, 1.54) is 23.1 Å². The molecule has 6 aromatic rings. The van der Waals surface area contributed by atoms with Crippen molar-refractivity contribution in [3.05, 3.63) is 167 Å². The van der Waals surface area contributed by atoms with E-state index in [2.05, 4.69) is 37.8 Å². The first-order valence-corrected chi connectivity index (χ1v) is 17.9. The number of halogens is 1. The molecular weight excluding hydrogens is 770 g/mol. The first kappa shape index (κ1) is 36.8. The molecule has 0 spiro atoms. The summed E-state index contributed by atoms with van der Waals surface area (Å²) in [5.41, 5.74) is -1.65. The van der Waals surface area contributed by atoms with Gasteiger partial charge in [-0.15, -0.1) is 6.58 Å². The molecule has 0 amide bonds. The van der Waals surface area contributed by atoms with E-state index in [0.717, 1.165) is 0 Å². The SMILES string of the molecule is C=CCNc1ncnc2c1c(Br)nn2[C@]1(C(=O)c2ccccc2)O[C@H](COC(=O)c2ccccc2)[C@@H](OC(=O)c2ccccc2)[C@H]1OC(=O)c1ccccc1. The lowest BCUT2D eigenvalue weighted by Crippen LogP contribution is -2.55. The molecule has 4 atom stereocenters. The third kappa shape index (κ3) is 7.37. The van der Waals surface area contributed by atoms with Crippen molar-refractivity contribution in [1.29, 1.82) is 0 Å². The Labute approximate surface area is 323 Å². The second-order valence-electron chi connectivity index (χ2n) is 12.2. The van der Waals surface area contributed by atoms with Crippen LogP contribution in [0.1, 0.15) is 41.4 Å². The van der Waals surface area contributed by atoms with Gasteiger partial charge in [0, 0.05) is 12.1 Å². The van der Waals surface area contributed by atoms with Crippen molar-refractivity contribution in [2.45, 2.75) is 24.0 Å². The van der Waals surface area contributed by atoms with Crippen LogP contribution in [-0.2, 0) is 24.7 Å². The average molecular weight is 803 g/mol. The van der Waals surface area contributed by atoms with Gasteiger partial charge in [-0.2, -0.15) is 5.10 Å². The number of ether oxygens (including phenoxy) is 4. The number of esters is 3. The van der Waals surface area contributed by atoms with Gasteiger partial charge in [-0.3, -0.25) is 4.79 Å². The number of hydrogen-bond acceptors (Lipinski definition) is 12. The summed E-state index contributed by atoms with van der Waals surface area (Å²) in [5.74, 6) is -2.77. The van der Waals surface area contributed by atoms with Crippen molar-refractivity contribution in [3.8, 4) is 0 Å². The quantitative estimate of drug-likeness (QED) is 0.0591. The van der Waals surface area contributed by atoms with E-state index in [9.17, 15) is 14.4 Å². The van der Waals surface area contributed by atoms with Crippen LogP contribution < -0.4 is 5.32 Å². The molecule has 0 unspecified atom stereocenters. The van der Waals surface area contributed by atoms with Crippen LogP contribution in [0.2, 0.25) is 0 Å². The molecule has 0 radical (unpaired) electrons. The van der Waals surface area contributed by atoms with Gasteiger partial charge in [0.25, 0.3) is 5.72 Å². The molecule has 276 valence electrons. The maximum absolute atomic E-state index is 15.3. The number of nitrogens with one attached hydrogen (secondary N) is 1. The Balaban J connectivity index is 1.45. The topological polar surface area (TPSA) is 161 Å². The van der Waals surface area contributed by atoms with Gasteiger partial charge in [0.1, 0.15) is 29.5 Å². The van der Waals surface area contributed by atoms with Crippen LogP contribution >= 0.6 is 15.9 Å². The third-order valence-electron chi connectivity index (χ3n) is 8.78. The number of anilines is 1. The van der Waals surface area contributed by atoms with Gasteiger partial charge in [0.2, 0.25) is 5.78 Å². The molecule has 1 N–H and O–H groups in total. The van der Waals surface area contributed by atoms with Crippen molar-refractivity contribution < 1.29 is 38.1 Å². The minimum atomic E-state index is -2.43. The van der Waals surface area contributed by atoms with Gasteiger partial charge in [0.15, 0.2) is 17.9 Å². The van der Waals surface area contributed by atoms with E-state index in [0.29, 0.717) is 17.7 Å². The van der Waals surface area contributed by atoms with Crippen LogP contribution in [0.25, 0.3) is 11.0 Å². The van der Waals surface area contributed by atoms with E-state index in [1.807, 2.05) is 0 Å². The lowest BCUT2D eigenvalue weighted by Gasteiger charge is -2.33. The van der Waals surface area contributed by atoms with Crippen LogP contribution in [-0.4, -0.2) is 74.9 Å². The van der Waals surface area contributed by atoms with Crippen molar-refractivity contribution in [1.82, 2.24) is 19.7 Å². The Morgan fingerprint density at radius 1 is 0.764 bits per heavy atom. The Morgan fingerprint density at radius 2 is 1.29 bits per heavy atom. The minimum Gasteiger partial charge on any atom is -0.459 e. The highest BCUT2D eigenvalue weighted by molar-refractivity contribution is 9.10. The number of carbonyl (C=O) groups is 4. The van der Waals surface area contributed by atoms with Crippen molar-refractivity contribution in [3.63, 3.8) is 0 Å². The molecule has 4 aromatic carbocycles. The zero-order valence-corrected chi connectivity index (χ0v) is 30.6.